The van der Waals surface area contributed by atoms with Crippen molar-refractivity contribution >= 4 is 23.5 Å². The number of nitrogens with one attached hydrogen (secondary N) is 1. The summed E-state index contributed by atoms with van der Waals surface area (Å²) in [6.45, 7) is 2.05. The Morgan fingerprint density at radius 3 is 2.88 bits per heavy atom. The van der Waals surface area contributed by atoms with Gasteiger partial charge >= 0.3 is 0 Å². The van der Waals surface area contributed by atoms with Crippen molar-refractivity contribution in [1.82, 2.24) is 9.97 Å². The maximum Gasteiger partial charge on any atom is 0.258 e. The zero-order valence-electron chi connectivity index (χ0n) is 9.49. The quantitative estimate of drug-likeness (QED) is 0.818. The molecular formula is C13H12N2OS. The molecule has 0 amide bonds. The molecule has 1 N–H and O–H groups in total. The molecule has 2 aromatic heterocycles. The molecule has 3 rings (SSSR count). The number of aromatic amines is 1. The molecule has 0 aromatic carbocycles. The second-order valence-corrected chi connectivity index (χ2v) is 5.40. The topological polar surface area (TPSA) is 45.8 Å². The van der Waals surface area contributed by atoms with Crippen LogP contribution in [0.4, 0.5) is 0 Å². The van der Waals surface area contributed by atoms with Crippen LogP contribution in [0.25, 0.3) is 22.9 Å². The van der Waals surface area contributed by atoms with Gasteiger partial charge in [-0.25, -0.2) is 4.98 Å². The first kappa shape index (κ1) is 10.5. The predicted molar refractivity (Wildman–Crippen MR) is 70.3 cm³/mol. The van der Waals surface area contributed by atoms with Crippen molar-refractivity contribution in [3.05, 3.63) is 37.9 Å². The Kier molecular flexibility index (Phi) is 2.44. The first-order valence-electron chi connectivity index (χ1n) is 5.61. The van der Waals surface area contributed by atoms with Gasteiger partial charge in [-0.1, -0.05) is 12.2 Å². The number of rotatable bonds is 1. The number of nitrogens with zero attached hydrogens (tertiary/aromatic N) is 1. The Labute approximate surface area is 102 Å². The van der Waals surface area contributed by atoms with Crippen molar-refractivity contribution in [2.75, 3.05) is 0 Å². The number of hydrogen-bond acceptors (Lipinski definition) is 3. The monoisotopic (exact) mass is 244 g/mol. The van der Waals surface area contributed by atoms with Crippen LogP contribution in [0.5, 0.6) is 0 Å². The number of thiophene rings is 1. The molecule has 86 valence electrons. The second-order valence-electron chi connectivity index (χ2n) is 4.11. The van der Waals surface area contributed by atoms with E-state index in [1.807, 2.05) is 31.2 Å². The lowest BCUT2D eigenvalue weighted by atomic mass is 10.1. The summed E-state index contributed by atoms with van der Waals surface area (Å²) in [6.07, 6.45) is 5.89. The van der Waals surface area contributed by atoms with Crippen LogP contribution in [0, 0.1) is 6.92 Å². The van der Waals surface area contributed by atoms with Gasteiger partial charge < -0.3 is 4.98 Å². The fraction of sp³-hybridized carbons (Fsp3) is 0.231. The average molecular weight is 244 g/mol. The average Bonchev–Trinajstić information content (AvgIpc) is 2.76. The van der Waals surface area contributed by atoms with Crippen molar-refractivity contribution in [2.24, 2.45) is 0 Å². The van der Waals surface area contributed by atoms with Crippen LogP contribution in [0.15, 0.2) is 16.9 Å². The fourth-order valence-corrected chi connectivity index (χ4v) is 2.79. The summed E-state index contributed by atoms with van der Waals surface area (Å²) in [7, 11) is 0. The summed E-state index contributed by atoms with van der Waals surface area (Å²) in [5, 5.41) is 1.54. The van der Waals surface area contributed by atoms with Gasteiger partial charge in [0, 0.05) is 4.88 Å². The highest BCUT2D eigenvalue weighted by Gasteiger charge is 2.06. The van der Waals surface area contributed by atoms with Crippen LogP contribution in [0.2, 0.25) is 0 Å². The summed E-state index contributed by atoms with van der Waals surface area (Å²) in [6, 6.07) is 4.03. The Bertz CT molecular complexity index is 740. The Morgan fingerprint density at radius 1 is 1.29 bits per heavy atom. The second kappa shape index (κ2) is 3.96. The van der Waals surface area contributed by atoms with E-state index in [0.717, 1.165) is 23.1 Å². The van der Waals surface area contributed by atoms with Gasteiger partial charge in [0.2, 0.25) is 0 Å². The molecular weight excluding hydrogens is 232 g/mol. The smallest absolute Gasteiger partial charge is 0.258 e. The minimum Gasteiger partial charge on any atom is -0.305 e. The zero-order valence-corrected chi connectivity index (χ0v) is 10.3. The van der Waals surface area contributed by atoms with Gasteiger partial charge in [-0.05, 0) is 31.9 Å². The Morgan fingerprint density at radius 2 is 2.12 bits per heavy atom. The van der Waals surface area contributed by atoms with Gasteiger partial charge in [0.15, 0.2) is 5.82 Å². The number of fused-ring (bicyclic) bond motifs is 1. The van der Waals surface area contributed by atoms with Crippen LogP contribution < -0.4 is 16.1 Å². The number of H-pyrrole nitrogens is 1. The molecule has 1 aliphatic rings. The maximum absolute atomic E-state index is 11.9. The predicted octanol–water partition coefficient (Wildman–Crippen LogP) is 1.16. The SMILES string of the molecule is Cc1ccc(-c2nc3c(c(=O)[nH]2)=CCCC=3)s1. The third kappa shape index (κ3) is 1.85. The van der Waals surface area contributed by atoms with Gasteiger partial charge in [-0.15, -0.1) is 11.3 Å². The largest absolute Gasteiger partial charge is 0.305 e. The lowest BCUT2D eigenvalue weighted by molar-refractivity contribution is 1.01. The van der Waals surface area contributed by atoms with E-state index in [0.29, 0.717) is 11.0 Å². The molecule has 4 heteroatoms. The molecule has 0 saturated carbocycles. The van der Waals surface area contributed by atoms with Gasteiger partial charge in [-0.3, -0.25) is 4.79 Å². The minimum absolute atomic E-state index is 0.0352. The van der Waals surface area contributed by atoms with E-state index < -0.39 is 0 Å². The third-order valence-electron chi connectivity index (χ3n) is 2.81. The molecule has 3 nitrogen and oxygen atoms in total. The molecule has 0 bridgehead atoms. The molecule has 0 fully saturated rings. The summed E-state index contributed by atoms with van der Waals surface area (Å²) in [5.74, 6) is 0.679. The molecule has 0 radical (unpaired) electrons. The number of aryl methyl sites for hydroxylation is 1. The standard InChI is InChI=1S/C13H12N2OS/c1-8-6-7-11(17-8)12-14-10-5-3-2-4-9(10)13(16)15-12/h4-7H,2-3H2,1H3,(H,14,15,16). The van der Waals surface area contributed by atoms with Crippen molar-refractivity contribution < 1.29 is 0 Å². The molecule has 2 heterocycles. The van der Waals surface area contributed by atoms with E-state index in [1.54, 1.807) is 11.3 Å². The van der Waals surface area contributed by atoms with Crippen molar-refractivity contribution in [1.29, 1.82) is 0 Å². The molecule has 0 saturated heterocycles. The Hall–Kier alpha value is -1.68. The molecule has 0 atom stereocenters. The maximum atomic E-state index is 11.9. The molecule has 0 unspecified atom stereocenters. The van der Waals surface area contributed by atoms with Crippen molar-refractivity contribution in [2.45, 2.75) is 19.8 Å². The van der Waals surface area contributed by atoms with Gasteiger partial charge in [0.05, 0.1) is 15.4 Å². The highest BCUT2D eigenvalue weighted by atomic mass is 32.1. The van der Waals surface area contributed by atoms with Gasteiger partial charge in [0.1, 0.15) is 0 Å². The van der Waals surface area contributed by atoms with E-state index in [4.69, 9.17) is 0 Å². The summed E-state index contributed by atoms with van der Waals surface area (Å²) in [5.41, 5.74) is -0.0352. The summed E-state index contributed by atoms with van der Waals surface area (Å²) in [4.78, 5) is 21.5. The lowest BCUT2D eigenvalue weighted by Gasteiger charge is -2.01. The third-order valence-corrected chi connectivity index (χ3v) is 3.82. The highest BCUT2D eigenvalue weighted by Crippen LogP contribution is 2.22. The van der Waals surface area contributed by atoms with Crippen LogP contribution in [0.3, 0.4) is 0 Å². The van der Waals surface area contributed by atoms with Crippen LogP contribution in [0.1, 0.15) is 17.7 Å². The van der Waals surface area contributed by atoms with E-state index >= 15 is 0 Å². The first-order valence-corrected chi connectivity index (χ1v) is 6.43. The van der Waals surface area contributed by atoms with E-state index in [1.165, 1.54) is 4.88 Å². The van der Waals surface area contributed by atoms with Crippen molar-refractivity contribution in [3.8, 4) is 10.7 Å². The fourth-order valence-electron chi connectivity index (χ4n) is 1.98. The van der Waals surface area contributed by atoms with Crippen LogP contribution in [-0.4, -0.2) is 9.97 Å². The summed E-state index contributed by atoms with van der Waals surface area (Å²) < 4.78 is 0. The van der Waals surface area contributed by atoms with E-state index in [2.05, 4.69) is 9.97 Å². The molecule has 1 aliphatic carbocycles. The van der Waals surface area contributed by atoms with Gasteiger partial charge in [-0.2, -0.15) is 0 Å². The number of aromatic nitrogens is 2. The minimum atomic E-state index is -0.0352. The summed E-state index contributed by atoms with van der Waals surface area (Å²) >= 11 is 1.64. The molecule has 2 aromatic rings. The zero-order chi connectivity index (χ0) is 11.8. The Balaban J connectivity index is 2.28. The van der Waals surface area contributed by atoms with Crippen LogP contribution in [-0.2, 0) is 0 Å². The van der Waals surface area contributed by atoms with E-state index in [9.17, 15) is 4.79 Å². The molecule has 0 spiro atoms. The number of hydrogen-bond donors (Lipinski definition) is 1. The normalized spacial score (nSPS) is 13.7. The first-order chi connectivity index (χ1) is 8.24. The van der Waals surface area contributed by atoms with Crippen LogP contribution >= 0.6 is 11.3 Å². The molecule has 0 aliphatic heterocycles. The van der Waals surface area contributed by atoms with Crippen molar-refractivity contribution in [3.63, 3.8) is 0 Å². The highest BCUT2D eigenvalue weighted by molar-refractivity contribution is 7.15. The lowest BCUT2D eigenvalue weighted by Crippen LogP contribution is -2.44. The molecule has 17 heavy (non-hydrogen) atoms. The van der Waals surface area contributed by atoms with E-state index in [-0.39, 0.29) is 5.56 Å². The van der Waals surface area contributed by atoms with Gasteiger partial charge in [0.25, 0.3) is 5.56 Å².